The fourth-order valence-corrected chi connectivity index (χ4v) is 2.60. The number of carbonyl (C=O) groups excluding carboxylic acids is 2. The van der Waals surface area contributed by atoms with Crippen LogP contribution in [0, 0.1) is 6.92 Å². The SMILES string of the molecule is CCN(C(=O)C(=O)NC(C)c1ccc(OC)cc1)c1cccc(C)c1. The summed E-state index contributed by atoms with van der Waals surface area (Å²) in [5, 5.41) is 2.76. The van der Waals surface area contributed by atoms with E-state index in [-0.39, 0.29) is 6.04 Å². The molecular weight excluding hydrogens is 316 g/mol. The van der Waals surface area contributed by atoms with Gasteiger partial charge in [-0.15, -0.1) is 0 Å². The predicted octanol–water partition coefficient (Wildman–Crippen LogP) is 3.23. The number of ether oxygens (including phenoxy) is 1. The second-order valence-corrected chi connectivity index (χ2v) is 5.86. The molecule has 0 spiro atoms. The predicted molar refractivity (Wildman–Crippen MR) is 98.8 cm³/mol. The molecule has 1 N–H and O–H groups in total. The van der Waals surface area contributed by atoms with Crippen molar-refractivity contribution in [2.75, 3.05) is 18.6 Å². The van der Waals surface area contributed by atoms with E-state index in [0.29, 0.717) is 6.54 Å². The lowest BCUT2D eigenvalue weighted by atomic mass is 10.1. The van der Waals surface area contributed by atoms with Crippen LogP contribution in [-0.2, 0) is 9.59 Å². The van der Waals surface area contributed by atoms with Crippen LogP contribution in [0.2, 0.25) is 0 Å². The summed E-state index contributed by atoms with van der Waals surface area (Å²) >= 11 is 0. The highest BCUT2D eigenvalue weighted by molar-refractivity contribution is 6.40. The van der Waals surface area contributed by atoms with Crippen LogP contribution in [0.3, 0.4) is 0 Å². The third kappa shape index (κ3) is 4.59. The number of nitrogens with zero attached hydrogens (tertiary/aromatic N) is 1. The van der Waals surface area contributed by atoms with E-state index in [1.54, 1.807) is 7.11 Å². The molecule has 2 rings (SSSR count). The zero-order valence-corrected chi connectivity index (χ0v) is 15.1. The average Bonchev–Trinajstić information content (AvgIpc) is 2.62. The first-order valence-electron chi connectivity index (χ1n) is 8.29. The Hall–Kier alpha value is -2.82. The second-order valence-electron chi connectivity index (χ2n) is 5.86. The Morgan fingerprint density at radius 3 is 2.40 bits per heavy atom. The van der Waals surface area contributed by atoms with E-state index in [1.165, 1.54) is 4.90 Å². The standard InChI is InChI=1S/C20H24N2O3/c1-5-22(17-8-6-7-14(2)13-17)20(24)19(23)21-15(3)16-9-11-18(25-4)12-10-16/h6-13,15H,5H2,1-4H3,(H,21,23). The van der Waals surface area contributed by atoms with Gasteiger partial charge in [-0.05, 0) is 56.2 Å². The Balaban J connectivity index is 2.08. The van der Waals surface area contributed by atoms with E-state index in [0.717, 1.165) is 22.6 Å². The molecule has 2 aromatic carbocycles. The summed E-state index contributed by atoms with van der Waals surface area (Å²) in [5.74, 6) is -0.435. The molecule has 0 aliphatic rings. The van der Waals surface area contributed by atoms with Gasteiger partial charge in [-0.1, -0.05) is 24.3 Å². The Kier molecular flexibility index (Phi) is 6.17. The first-order valence-corrected chi connectivity index (χ1v) is 8.29. The number of likely N-dealkylation sites (N-methyl/N-ethyl adjacent to an activating group) is 1. The molecule has 1 unspecified atom stereocenters. The number of carbonyl (C=O) groups is 2. The number of nitrogens with one attached hydrogen (secondary N) is 1. The minimum absolute atomic E-state index is 0.279. The van der Waals surface area contributed by atoms with Crippen LogP contribution in [0.1, 0.15) is 31.0 Å². The number of anilines is 1. The second kappa shape index (κ2) is 8.33. The molecule has 5 nitrogen and oxygen atoms in total. The topological polar surface area (TPSA) is 58.6 Å². The highest BCUT2D eigenvalue weighted by Crippen LogP contribution is 2.19. The summed E-state index contributed by atoms with van der Waals surface area (Å²) in [6, 6.07) is 14.6. The van der Waals surface area contributed by atoms with E-state index in [9.17, 15) is 9.59 Å². The zero-order valence-electron chi connectivity index (χ0n) is 15.1. The molecule has 5 heteroatoms. The lowest BCUT2D eigenvalue weighted by Crippen LogP contribution is -2.43. The molecule has 132 valence electrons. The zero-order chi connectivity index (χ0) is 18.4. The molecule has 0 saturated heterocycles. The molecule has 0 aliphatic carbocycles. The van der Waals surface area contributed by atoms with Crippen molar-refractivity contribution in [2.24, 2.45) is 0 Å². The molecular formula is C20H24N2O3. The van der Waals surface area contributed by atoms with Crippen molar-refractivity contribution in [2.45, 2.75) is 26.8 Å². The number of rotatable bonds is 5. The molecule has 0 fully saturated rings. The van der Waals surface area contributed by atoms with Crippen molar-refractivity contribution < 1.29 is 14.3 Å². The lowest BCUT2D eigenvalue weighted by molar-refractivity contribution is -0.138. The third-order valence-electron chi connectivity index (χ3n) is 4.03. The van der Waals surface area contributed by atoms with E-state index in [1.807, 2.05) is 69.3 Å². The van der Waals surface area contributed by atoms with Crippen molar-refractivity contribution in [1.82, 2.24) is 5.32 Å². The van der Waals surface area contributed by atoms with Crippen molar-refractivity contribution in [3.63, 3.8) is 0 Å². The normalized spacial score (nSPS) is 11.5. The smallest absolute Gasteiger partial charge is 0.316 e. The van der Waals surface area contributed by atoms with Crippen molar-refractivity contribution in [1.29, 1.82) is 0 Å². The summed E-state index contributed by atoms with van der Waals surface area (Å²) < 4.78 is 5.12. The van der Waals surface area contributed by atoms with E-state index in [4.69, 9.17) is 4.74 Å². The molecule has 1 atom stereocenters. The molecule has 0 bridgehead atoms. The Bertz CT molecular complexity index is 741. The van der Waals surface area contributed by atoms with Gasteiger partial charge in [0.1, 0.15) is 5.75 Å². The molecule has 2 aromatic rings. The number of amides is 2. The maximum atomic E-state index is 12.5. The molecule has 0 aromatic heterocycles. The van der Waals surface area contributed by atoms with Crippen LogP contribution in [0.5, 0.6) is 5.75 Å². The minimum atomic E-state index is -0.619. The van der Waals surface area contributed by atoms with Gasteiger partial charge in [0, 0.05) is 12.2 Å². The summed E-state index contributed by atoms with van der Waals surface area (Å²) in [5.41, 5.74) is 2.66. The summed E-state index contributed by atoms with van der Waals surface area (Å²) in [4.78, 5) is 26.4. The molecule has 0 aliphatic heterocycles. The minimum Gasteiger partial charge on any atom is -0.497 e. The van der Waals surface area contributed by atoms with Crippen LogP contribution in [0.25, 0.3) is 0 Å². The molecule has 0 saturated carbocycles. The maximum absolute atomic E-state index is 12.5. The Morgan fingerprint density at radius 1 is 1.16 bits per heavy atom. The molecule has 0 heterocycles. The average molecular weight is 340 g/mol. The number of benzene rings is 2. The van der Waals surface area contributed by atoms with Crippen LogP contribution >= 0.6 is 0 Å². The van der Waals surface area contributed by atoms with Crippen LogP contribution < -0.4 is 15.0 Å². The number of methoxy groups -OCH3 is 1. The third-order valence-corrected chi connectivity index (χ3v) is 4.03. The fraction of sp³-hybridized carbons (Fsp3) is 0.300. The lowest BCUT2D eigenvalue weighted by Gasteiger charge is -2.22. The van der Waals surface area contributed by atoms with Crippen molar-refractivity contribution in [3.8, 4) is 5.75 Å². The Morgan fingerprint density at radius 2 is 1.84 bits per heavy atom. The fourth-order valence-electron chi connectivity index (χ4n) is 2.60. The van der Waals surface area contributed by atoms with Gasteiger partial charge < -0.3 is 15.0 Å². The largest absolute Gasteiger partial charge is 0.497 e. The monoisotopic (exact) mass is 340 g/mol. The van der Waals surface area contributed by atoms with Crippen molar-refractivity contribution in [3.05, 3.63) is 59.7 Å². The Labute approximate surface area is 148 Å². The highest BCUT2D eigenvalue weighted by atomic mass is 16.5. The quantitative estimate of drug-likeness (QED) is 0.850. The van der Waals surface area contributed by atoms with Gasteiger partial charge in [-0.3, -0.25) is 9.59 Å². The maximum Gasteiger partial charge on any atom is 0.316 e. The molecule has 2 amide bonds. The number of hydrogen-bond acceptors (Lipinski definition) is 3. The van der Waals surface area contributed by atoms with Crippen LogP contribution in [0.15, 0.2) is 48.5 Å². The molecule has 25 heavy (non-hydrogen) atoms. The van der Waals surface area contributed by atoms with Gasteiger partial charge in [0.2, 0.25) is 0 Å². The summed E-state index contributed by atoms with van der Waals surface area (Å²) in [6.07, 6.45) is 0. The number of aryl methyl sites for hydroxylation is 1. The van der Waals surface area contributed by atoms with E-state index >= 15 is 0 Å². The summed E-state index contributed by atoms with van der Waals surface area (Å²) in [6.45, 7) is 6.07. The van der Waals surface area contributed by atoms with E-state index < -0.39 is 11.8 Å². The van der Waals surface area contributed by atoms with Gasteiger partial charge in [0.05, 0.1) is 13.2 Å². The first kappa shape index (κ1) is 18.5. The van der Waals surface area contributed by atoms with Gasteiger partial charge in [-0.2, -0.15) is 0 Å². The van der Waals surface area contributed by atoms with Gasteiger partial charge in [0.25, 0.3) is 0 Å². The van der Waals surface area contributed by atoms with Crippen molar-refractivity contribution >= 4 is 17.5 Å². The highest BCUT2D eigenvalue weighted by Gasteiger charge is 2.23. The van der Waals surface area contributed by atoms with Crippen LogP contribution in [0.4, 0.5) is 5.69 Å². The van der Waals surface area contributed by atoms with Gasteiger partial charge in [-0.25, -0.2) is 0 Å². The van der Waals surface area contributed by atoms with Gasteiger partial charge >= 0.3 is 11.8 Å². The summed E-state index contributed by atoms with van der Waals surface area (Å²) in [7, 11) is 1.60. The number of hydrogen-bond donors (Lipinski definition) is 1. The van der Waals surface area contributed by atoms with E-state index in [2.05, 4.69) is 5.32 Å². The molecule has 0 radical (unpaired) electrons. The van der Waals surface area contributed by atoms with Gasteiger partial charge in [0.15, 0.2) is 0 Å². The first-order chi connectivity index (χ1) is 12.0. The van der Waals surface area contributed by atoms with Crippen LogP contribution in [-0.4, -0.2) is 25.5 Å².